The van der Waals surface area contributed by atoms with E-state index in [1.54, 1.807) is 18.3 Å². The second-order valence-corrected chi connectivity index (χ2v) is 9.16. The maximum atomic E-state index is 9.71. The van der Waals surface area contributed by atoms with E-state index in [9.17, 15) is 5.26 Å². The number of methoxy groups -OCH3 is 1. The Balaban J connectivity index is 1.44. The van der Waals surface area contributed by atoms with Gasteiger partial charge in [-0.15, -0.1) is 0 Å². The van der Waals surface area contributed by atoms with Gasteiger partial charge in [0.15, 0.2) is 0 Å². The molecule has 180 valence electrons. The van der Waals surface area contributed by atoms with Gasteiger partial charge >= 0.3 is 0 Å². The summed E-state index contributed by atoms with van der Waals surface area (Å²) < 4.78 is 5.31. The van der Waals surface area contributed by atoms with Crippen molar-refractivity contribution in [2.24, 2.45) is 0 Å². The summed E-state index contributed by atoms with van der Waals surface area (Å²) >= 11 is 12.6. The summed E-state index contributed by atoms with van der Waals surface area (Å²) in [5.74, 6) is 0.481. The van der Waals surface area contributed by atoms with Gasteiger partial charge < -0.3 is 10.1 Å². The highest BCUT2D eigenvalue weighted by molar-refractivity contribution is 6.37. The molecule has 1 aromatic heterocycles. The van der Waals surface area contributed by atoms with Crippen molar-refractivity contribution in [2.75, 3.05) is 12.4 Å². The number of hydrogen-bond donors (Lipinski definition) is 1. The summed E-state index contributed by atoms with van der Waals surface area (Å²) in [6, 6.07) is 30.2. The highest BCUT2D eigenvalue weighted by Gasteiger charge is 2.14. The van der Waals surface area contributed by atoms with Gasteiger partial charge in [-0.2, -0.15) is 5.26 Å². The molecule has 0 bridgehead atoms. The summed E-state index contributed by atoms with van der Waals surface area (Å²) in [4.78, 5) is 4.51. The van der Waals surface area contributed by atoms with Gasteiger partial charge in [-0.25, -0.2) is 0 Å². The zero-order chi connectivity index (χ0) is 25.8. The molecule has 37 heavy (non-hydrogen) atoms. The first-order valence-corrected chi connectivity index (χ1v) is 12.3. The van der Waals surface area contributed by atoms with Gasteiger partial charge in [0.2, 0.25) is 0 Å². The largest absolute Gasteiger partial charge is 0.495 e. The zero-order valence-corrected chi connectivity index (χ0v) is 21.4. The topological polar surface area (TPSA) is 57.9 Å². The Labute approximate surface area is 225 Å². The van der Waals surface area contributed by atoms with E-state index in [1.165, 1.54) is 18.2 Å². The first kappa shape index (κ1) is 24.4. The molecule has 0 saturated heterocycles. The molecule has 0 amide bonds. The molecule has 4 aromatic carbocycles. The first-order chi connectivity index (χ1) is 18.1. The molecule has 0 radical (unpaired) electrons. The molecule has 0 atom stereocenters. The number of nitrogens with zero attached hydrogens (tertiary/aromatic N) is 2. The third-order valence-electron chi connectivity index (χ3n) is 6.00. The number of nitriles is 1. The van der Waals surface area contributed by atoms with Crippen LogP contribution in [0.5, 0.6) is 5.75 Å². The van der Waals surface area contributed by atoms with Crippen molar-refractivity contribution in [3.8, 4) is 22.9 Å². The molecule has 1 heterocycles. The van der Waals surface area contributed by atoms with Crippen LogP contribution >= 0.6 is 23.2 Å². The van der Waals surface area contributed by atoms with Crippen LogP contribution in [0.3, 0.4) is 0 Å². The normalized spacial score (nSPS) is 11.0. The summed E-state index contributed by atoms with van der Waals surface area (Å²) in [5, 5.41) is 14.6. The average molecular weight is 522 g/mol. The molecule has 4 nitrogen and oxygen atoms in total. The predicted octanol–water partition coefficient (Wildman–Crippen LogP) is 9.00. The highest BCUT2D eigenvalue weighted by Crippen LogP contribution is 2.38. The van der Waals surface area contributed by atoms with Gasteiger partial charge in [0.25, 0.3) is 0 Å². The van der Waals surface area contributed by atoms with E-state index in [1.807, 2.05) is 42.5 Å². The standard InChI is InChI=1S/C31H21Cl2N3O/c1-37-30-17-29(26(32)16-27(30)33)36-31-24(18-34)19-35-28-15-21(11-14-25(28)31)8-7-20-9-12-23(13-10-20)22-5-3-2-4-6-22/h2-17,19H,1H3,(H,35,36)/b8-7+. The number of benzene rings is 4. The average Bonchev–Trinajstić information content (AvgIpc) is 2.94. The van der Waals surface area contributed by atoms with E-state index in [2.05, 4.69) is 58.8 Å². The molecule has 6 heteroatoms. The molecular formula is C31H21Cl2N3O. The number of halogens is 2. The fourth-order valence-electron chi connectivity index (χ4n) is 4.06. The van der Waals surface area contributed by atoms with Crippen LogP contribution in [0.25, 0.3) is 34.2 Å². The number of pyridine rings is 1. The number of fused-ring (bicyclic) bond motifs is 1. The lowest BCUT2D eigenvalue weighted by Crippen LogP contribution is -1.98. The van der Waals surface area contributed by atoms with Gasteiger partial charge in [-0.3, -0.25) is 4.98 Å². The second-order valence-electron chi connectivity index (χ2n) is 8.35. The number of hydrogen-bond acceptors (Lipinski definition) is 4. The van der Waals surface area contributed by atoms with E-state index in [4.69, 9.17) is 27.9 Å². The number of nitrogens with one attached hydrogen (secondary N) is 1. The summed E-state index contributed by atoms with van der Waals surface area (Å²) in [6.07, 6.45) is 5.67. The van der Waals surface area contributed by atoms with Crippen LogP contribution in [0.2, 0.25) is 10.0 Å². The predicted molar refractivity (Wildman–Crippen MR) is 154 cm³/mol. The minimum Gasteiger partial charge on any atom is -0.495 e. The van der Waals surface area contributed by atoms with E-state index in [0.29, 0.717) is 32.7 Å². The van der Waals surface area contributed by atoms with E-state index >= 15 is 0 Å². The Hall–Kier alpha value is -4.30. The van der Waals surface area contributed by atoms with Crippen LogP contribution < -0.4 is 10.1 Å². The van der Waals surface area contributed by atoms with Crippen molar-refractivity contribution in [1.82, 2.24) is 4.98 Å². The van der Waals surface area contributed by atoms with Crippen LogP contribution in [-0.2, 0) is 0 Å². The number of rotatable bonds is 6. The third kappa shape index (κ3) is 5.29. The van der Waals surface area contributed by atoms with Crippen molar-refractivity contribution < 1.29 is 4.74 Å². The lowest BCUT2D eigenvalue weighted by atomic mass is 10.0. The third-order valence-corrected chi connectivity index (χ3v) is 6.61. The number of ether oxygens (including phenoxy) is 1. The molecular weight excluding hydrogens is 501 g/mol. The molecule has 0 unspecified atom stereocenters. The molecule has 0 aliphatic carbocycles. The summed E-state index contributed by atoms with van der Waals surface area (Å²) in [7, 11) is 1.54. The van der Waals surface area contributed by atoms with Crippen LogP contribution in [0.15, 0.2) is 91.1 Å². The van der Waals surface area contributed by atoms with Crippen LogP contribution in [0.4, 0.5) is 11.4 Å². The fourth-order valence-corrected chi connectivity index (χ4v) is 4.57. The number of aromatic nitrogens is 1. The van der Waals surface area contributed by atoms with E-state index in [0.717, 1.165) is 22.0 Å². The molecule has 5 aromatic rings. The second kappa shape index (κ2) is 10.8. The fraction of sp³-hybridized carbons (Fsp3) is 0.0323. The van der Waals surface area contributed by atoms with Crippen molar-refractivity contribution in [2.45, 2.75) is 0 Å². The molecule has 1 N–H and O–H groups in total. The SMILES string of the molecule is COc1cc(Nc2c(C#N)cnc3cc(/C=C/c4ccc(-c5ccccc5)cc4)ccc23)c(Cl)cc1Cl. The Morgan fingerprint density at radius 1 is 0.838 bits per heavy atom. The Morgan fingerprint density at radius 3 is 2.27 bits per heavy atom. The van der Waals surface area contributed by atoms with E-state index in [-0.39, 0.29) is 0 Å². The molecule has 0 aliphatic heterocycles. The smallest absolute Gasteiger partial charge is 0.139 e. The Kier molecular flexibility index (Phi) is 7.09. The maximum Gasteiger partial charge on any atom is 0.139 e. The van der Waals surface area contributed by atoms with Gasteiger partial charge in [-0.05, 0) is 34.4 Å². The van der Waals surface area contributed by atoms with Crippen molar-refractivity contribution in [1.29, 1.82) is 5.26 Å². The summed E-state index contributed by atoms with van der Waals surface area (Å²) in [6.45, 7) is 0. The van der Waals surface area contributed by atoms with Gasteiger partial charge in [0, 0.05) is 17.6 Å². The molecule has 0 aliphatic rings. The lowest BCUT2D eigenvalue weighted by molar-refractivity contribution is 0.415. The molecule has 0 spiro atoms. The monoisotopic (exact) mass is 521 g/mol. The number of anilines is 2. The Bertz CT molecular complexity index is 1660. The summed E-state index contributed by atoms with van der Waals surface area (Å²) in [5.41, 5.74) is 6.81. The van der Waals surface area contributed by atoms with Crippen molar-refractivity contribution in [3.63, 3.8) is 0 Å². The highest BCUT2D eigenvalue weighted by atomic mass is 35.5. The molecule has 0 fully saturated rings. The van der Waals surface area contributed by atoms with Crippen LogP contribution in [0, 0.1) is 11.3 Å². The first-order valence-electron chi connectivity index (χ1n) is 11.5. The van der Waals surface area contributed by atoms with E-state index < -0.39 is 0 Å². The van der Waals surface area contributed by atoms with Crippen LogP contribution in [0.1, 0.15) is 16.7 Å². The Morgan fingerprint density at radius 2 is 1.54 bits per heavy atom. The molecule has 5 rings (SSSR count). The minimum absolute atomic E-state index is 0.402. The minimum atomic E-state index is 0.402. The lowest BCUT2D eigenvalue weighted by Gasteiger charge is -2.14. The van der Waals surface area contributed by atoms with Gasteiger partial charge in [-0.1, -0.05) is 102 Å². The quantitative estimate of drug-likeness (QED) is 0.226. The van der Waals surface area contributed by atoms with Crippen LogP contribution in [-0.4, -0.2) is 12.1 Å². The van der Waals surface area contributed by atoms with Crippen molar-refractivity contribution in [3.05, 3.63) is 118 Å². The zero-order valence-electron chi connectivity index (χ0n) is 19.9. The molecule has 0 saturated carbocycles. The van der Waals surface area contributed by atoms with Gasteiger partial charge in [0.05, 0.1) is 39.6 Å². The maximum absolute atomic E-state index is 9.71. The van der Waals surface area contributed by atoms with Gasteiger partial charge in [0.1, 0.15) is 11.8 Å². The van der Waals surface area contributed by atoms with Crippen molar-refractivity contribution >= 4 is 57.6 Å².